The van der Waals surface area contributed by atoms with Crippen LogP contribution in [0.15, 0.2) is 71.6 Å². The molecule has 0 unspecified atom stereocenters. The van der Waals surface area contributed by atoms with Gasteiger partial charge in [0.05, 0.1) is 24.0 Å². The number of esters is 1. The Morgan fingerprint density at radius 1 is 1.03 bits per heavy atom. The number of carbonyl (C=O) groups excluding carboxylic acids is 2. The molecule has 0 bridgehead atoms. The zero-order chi connectivity index (χ0) is 23.5. The van der Waals surface area contributed by atoms with Crippen molar-refractivity contribution in [2.45, 2.75) is 4.90 Å². The van der Waals surface area contributed by atoms with Gasteiger partial charge in [-0.05, 0) is 42.5 Å². The number of rotatable bonds is 7. The summed E-state index contributed by atoms with van der Waals surface area (Å²) in [6.07, 6.45) is 0. The molecule has 32 heavy (non-hydrogen) atoms. The van der Waals surface area contributed by atoms with E-state index in [0.29, 0.717) is 4.31 Å². The molecule has 0 heterocycles. The number of methoxy groups -OCH3 is 1. The Hall–Kier alpha value is -3.43. The van der Waals surface area contributed by atoms with Gasteiger partial charge in [0.2, 0.25) is 0 Å². The van der Waals surface area contributed by atoms with Gasteiger partial charge in [-0.2, -0.15) is 0 Å². The Kier molecular flexibility index (Phi) is 6.81. The number of nitrogens with zero attached hydrogens (tertiary/aromatic N) is 1. The van der Waals surface area contributed by atoms with Gasteiger partial charge in [-0.1, -0.05) is 35.9 Å². The summed E-state index contributed by atoms with van der Waals surface area (Å²) in [5, 5.41) is 0.114. The van der Waals surface area contributed by atoms with Gasteiger partial charge in [0.25, 0.3) is 10.0 Å². The number of halogens is 2. The van der Waals surface area contributed by atoms with Crippen LogP contribution in [0.1, 0.15) is 15.9 Å². The lowest BCUT2D eigenvalue weighted by atomic mass is 10.0. The zero-order valence-corrected chi connectivity index (χ0v) is 18.4. The van der Waals surface area contributed by atoms with Gasteiger partial charge in [0.15, 0.2) is 5.78 Å². The minimum absolute atomic E-state index is 0.0571. The average molecular weight is 477 g/mol. The number of benzene rings is 3. The molecule has 166 valence electrons. The van der Waals surface area contributed by atoms with Crippen molar-refractivity contribution in [2.75, 3.05) is 23.7 Å². The van der Waals surface area contributed by atoms with Crippen LogP contribution in [-0.4, -0.2) is 33.8 Å². The first-order valence-electron chi connectivity index (χ1n) is 9.19. The number of carbonyl (C=O) groups is 2. The van der Waals surface area contributed by atoms with Gasteiger partial charge in [-0.15, -0.1) is 0 Å². The van der Waals surface area contributed by atoms with Gasteiger partial charge < -0.3 is 10.5 Å². The quantitative estimate of drug-likeness (QED) is 0.317. The molecule has 0 amide bonds. The second-order valence-electron chi connectivity index (χ2n) is 6.60. The van der Waals surface area contributed by atoms with E-state index in [1.54, 1.807) is 6.07 Å². The number of nitrogens with two attached hydrogens (primary N) is 1. The van der Waals surface area contributed by atoms with E-state index in [0.717, 1.165) is 13.2 Å². The average Bonchev–Trinajstić information content (AvgIpc) is 2.77. The SMILES string of the molecule is COC(=O)CN(c1ccc(Cl)cc1C(=O)c1ccccc1F)S(=O)(=O)c1ccccc1N. The molecule has 7 nitrogen and oxygen atoms in total. The number of hydrogen-bond donors (Lipinski definition) is 1. The molecule has 3 aromatic carbocycles. The first kappa shape index (κ1) is 23.2. The second-order valence-corrected chi connectivity index (χ2v) is 8.86. The lowest BCUT2D eigenvalue weighted by molar-refractivity contribution is -0.138. The summed E-state index contributed by atoms with van der Waals surface area (Å²) in [4.78, 5) is 25.0. The van der Waals surface area contributed by atoms with E-state index in [-0.39, 0.29) is 32.4 Å². The molecule has 0 aliphatic heterocycles. The summed E-state index contributed by atoms with van der Waals surface area (Å²) < 4.78 is 46.6. The normalized spacial score (nSPS) is 11.1. The van der Waals surface area contributed by atoms with Crippen LogP contribution in [0.5, 0.6) is 0 Å². The molecule has 2 N–H and O–H groups in total. The summed E-state index contributed by atoms with van der Waals surface area (Å²) in [7, 11) is -3.34. The maximum Gasteiger partial charge on any atom is 0.326 e. The minimum atomic E-state index is -4.43. The summed E-state index contributed by atoms with van der Waals surface area (Å²) in [5.41, 5.74) is 5.11. The molecule has 0 aromatic heterocycles. The monoisotopic (exact) mass is 476 g/mol. The fourth-order valence-corrected chi connectivity index (χ4v) is 4.73. The fourth-order valence-electron chi connectivity index (χ4n) is 3.01. The molecular weight excluding hydrogens is 459 g/mol. The highest BCUT2D eigenvalue weighted by atomic mass is 35.5. The number of ketones is 1. The summed E-state index contributed by atoms with van der Waals surface area (Å²) in [6, 6.07) is 14.7. The fraction of sp³-hybridized carbons (Fsp3) is 0.0909. The van der Waals surface area contributed by atoms with Crippen molar-refractivity contribution in [1.82, 2.24) is 0 Å². The molecule has 0 fully saturated rings. The Labute approximate surface area is 189 Å². The Morgan fingerprint density at radius 2 is 1.69 bits per heavy atom. The van der Waals surface area contributed by atoms with Crippen molar-refractivity contribution in [3.05, 3.63) is 88.7 Å². The lowest BCUT2D eigenvalue weighted by Gasteiger charge is -2.26. The van der Waals surface area contributed by atoms with Crippen molar-refractivity contribution in [3.8, 4) is 0 Å². The third kappa shape index (κ3) is 4.58. The van der Waals surface area contributed by atoms with Crippen molar-refractivity contribution in [2.24, 2.45) is 0 Å². The van der Waals surface area contributed by atoms with Crippen molar-refractivity contribution in [3.63, 3.8) is 0 Å². The number of ether oxygens (including phenoxy) is 1. The van der Waals surface area contributed by atoms with Crippen molar-refractivity contribution in [1.29, 1.82) is 0 Å². The maximum absolute atomic E-state index is 14.3. The zero-order valence-electron chi connectivity index (χ0n) is 16.8. The summed E-state index contributed by atoms with van der Waals surface area (Å²) in [6.45, 7) is -0.758. The first-order valence-corrected chi connectivity index (χ1v) is 11.0. The predicted octanol–water partition coefficient (Wildman–Crippen LogP) is 3.66. The molecule has 3 aromatic rings. The molecule has 0 radical (unpaired) electrons. The molecule has 0 saturated heterocycles. The van der Waals surface area contributed by atoms with E-state index >= 15 is 0 Å². The maximum atomic E-state index is 14.3. The highest BCUT2D eigenvalue weighted by molar-refractivity contribution is 7.93. The van der Waals surface area contributed by atoms with Crippen LogP contribution in [0, 0.1) is 5.82 Å². The Morgan fingerprint density at radius 3 is 2.34 bits per heavy atom. The van der Waals surface area contributed by atoms with E-state index in [1.807, 2.05) is 0 Å². The molecular formula is C22H18ClFN2O5S. The first-order chi connectivity index (χ1) is 15.2. The highest BCUT2D eigenvalue weighted by Crippen LogP contribution is 2.33. The molecule has 0 saturated carbocycles. The molecule has 0 aliphatic rings. The number of hydrogen-bond acceptors (Lipinski definition) is 6. The van der Waals surface area contributed by atoms with E-state index in [9.17, 15) is 22.4 Å². The van der Waals surface area contributed by atoms with E-state index < -0.39 is 34.1 Å². The van der Waals surface area contributed by atoms with E-state index in [2.05, 4.69) is 4.74 Å². The smallest absolute Gasteiger partial charge is 0.326 e. The van der Waals surface area contributed by atoms with Gasteiger partial charge in [0, 0.05) is 10.6 Å². The second kappa shape index (κ2) is 9.37. The van der Waals surface area contributed by atoms with Crippen LogP contribution in [0.2, 0.25) is 5.02 Å². The third-order valence-electron chi connectivity index (χ3n) is 4.58. The molecule has 3 rings (SSSR count). The molecule has 0 spiro atoms. The van der Waals surface area contributed by atoms with Crippen LogP contribution in [0.3, 0.4) is 0 Å². The van der Waals surface area contributed by atoms with Crippen LogP contribution >= 0.6 is 11.6 Å². The number of anilines is 2. The molecule has 10 heteroatoms. The van der Waals surface area contributed by atoms with Crippen LogP contribution in [0.4, 0.5) is 15.8 Å². The highest BCUT2D eigenvalue weighted by Gasteiger charge is 2.32. The third-order valence-corrected chi connectivity index (χ3v) is 6.65. The molecule has 0 atom stereocenters. The van der Waals surface area contributed by atoms with E-state index in [4.69, 9.17) is 17.3 Å². The van der Waals surface area contributed by atoms with E-state index in [1.165, 1.54) is 54.6 Å². The number of para-hydroxylation sites is 1. The van der Waals surface area contributed by atoms with Gasteiger partial charge in [0.1, 0.15) is 17.3 Å². The number of sulfonamides is 1. The predicted molar refractivity (Wildman–Crippen MR) is 119 cm³/mol. The topological polar surface area (TPSA) is 107 Å². The standard InChI is InChI=1S/C22H18ClFN2O5S/c1-31-21(27)13-26(32(29,30)20-9-5-4-8-18(20)25)19-11-10-14(23)12-16(19)22(28)15-6-2-3-7-17(15)24/h2-12H,13,25H2,1H3. The van der Waals surface area contributed by atoms with Gasteiger partial charge >= 0.3 is 5.97 Å². The van der Waals surface area contributed by atoms with Crippen LogP contribution in [0.25, 0.3) is 0 Å². The van der Waals surface area contributed by atoms with Crippen LogP contribution in [-0.2, 0) is 19.6 Å². The van der Waals surface area contributed by atoms with Crippen molar-refractivity contribution >= 4 is 44.8 Å². The van der Waals surface area contributed by atoms with Crippen molar-refractivity contribution < 1.29 is 27.1 Å². The summed E-state index contributed by atoms with van der Waals surface area (Å²) in [5.74, 6) is -2.49. The van der Waals surface area contributed by atoms with Crippen LogP contribution < -0.4 is 10.0 Å². The summed E-state index contributed by atoms with van der Waals surface area (Å²) >= 11 is 6.06. The van der Waals surface area contributed by atoms with Gasteiger partial charge in [-0.3, -0.25) is 13.9 Å². The Balaban J connectivity index is 2.25. The minimum Gasteiger partial charge on any atom is -0.468 e. The Bertz CT molecular complexity index is 1300. The number of nitrogen functional groups attached to an aromatic ring is 1. The lowest BCUT2D eigenvalue weighted by Crippen LogP contribution is -2.37. The largest absolute Gasteiger partial charge is 0.468 e. The molecule has 0 aliphatic carbocycles. The van der Waals surface area contributed by atoms with Gasteiger partial charge in [-0.25, -0.2) is 12.8 Å².